The number of hydrogen-bond donors (Lipinski definition) is 0. The number of halogens is 1. The van der Waals surface area contributed by atoms with Crippen LogP contribution in [-0.4, -0.2) is 37.3 Å². The number of oxime groups is 2. The fourth-order valence-corrected chi connectivity index (χ4v) is 2.21. The van der Waals surface area contributed by atoms with Crippen molar-refractivity contribution in [2.24, 2.45) is 10.3 Å². The van der Waals surface area contributed by atoms with Gasteiger partial charge in [0, 0.05) is 10.9 Å². The van der Waals surface area contributed by atoms with Gasteiger partial charge in [0.2, 0.25) is 0 Å². The van der Waals surface area contributed by atoms with Gasteiger partial charge in [-0.1, -0.05) is 45.4 Å². The van der Waals surface area contributed by atoms with E-state index < -0.39 is 0 Å². The number of aryl methyl sites for hydroxylation is 1. The van der Waals surface area contributed by atoms with Gasteiger partial charge in [0.15, 0.2) is 12.3 Å². The van der Waals surface area contributed by atoms with Crippen LogP contribution in [0.4, 0.5) is 0 Å². The molecule has 1 heterocycles. The summed E-state index contributed by atoms with van der Waals surface area (Å²) in [5.41, 5.74) is 2.64. The molecule has 0 aliphatic carbocycles. The maximum absolute atomic E-state index is 5.48. The molecule has 0 spiro atoms. The van der Waals surface area contributed by atoms with Crippen LogP contribution in [0.1, 0.15) is 11.1 Å². The second kappa shape index (κ2) is 7.13. The molecule has 0 saturated heterocycles. The van der Waals surface area contributed by atoms with Gasteiger partial charge in [0.25, 0.3) is 5.90 Å². The van der Waals surface area contributed by atoms with Crippen LogP contribution in [-0.2, 0) is 20.8 Å². The molecule has 5 nitrogen and oxygen atoms in total. The first-order valence-electron chi connectivity index (χ1n) is 5.95. The highest BCUT2D eigenvalue weighted by atomic mass is 79.9. The summed E-state index contributed by atoms with van der Waals surface area (Å²) in [6.45, 7) is 0.912. The first-order chi connectivity index (χ1) is 9.36. The molecule has 2 rings (SSSR count). The summed E-state index contributed by atoms with van der Waals surface area (Å²) < 4.78 is 5.48. The van der Waals surface area contributed by atoms with Gasteiger partial charge in [-0.25, -0.2) is 0 Å². The lowest BCUT2D eigenvalue weighted by molar-refractivity contribution is 0.0672. The molecular weight excluding hydrogens is 312 g/mol. The fourth-order valence-electron chi connectivity index (χ4n) is 1.78. The van der Waals surface area contributed by atoms with Gasteiger partial charge in [-0.3, -0.25) is 0 Å². The monoisotopic (exact) mass is 326 g/mol. The Hall–Kier alpha value is -1.56. The van der Waals surface area contributed by atoms with Crippen molar-refractivity contribution in [3.63, 3.8) is 0 Å². The zero-order chi connectivity index (χ0) is 13.5. The molecule has 0 fully saturated rings. The van der Waals surface area contributed by atoms with Crippen LogP contribution in [0.3, 0.4) is 0 Å². The van der Waals surface area contributed by atoms with Crippen molar-refractivity contribution in [1.29, 1.82) is 0 Å². The van der Waals surface area contributed by atoms with Crippen molar-refractivity contribution in [1.82, 2.24) is 0 Å². The maximum Gasteiger partial charge on any atom is 0.280 e. The Morgan fingerprint density at radius 2 is 2.26 bits per heavy atom. The average Bonchev–Trinajstić information content (AvgIpc) is 2.47. The highest BCUT2D eigenvalue weighted by Crippen LogP contribution is 2.15. The molecule has 1 aliphatic rings. The van der Waals surface area contributed by atoms with Crippen LogP contribution in [0.5, 0.6) is 0 Å². The SMILES string of the molecule is CON=C(C1=NOCCO1)c1ccccc1CCBr. The number of alkyl halides is 1. The van der Waals surface area contributed by atoms with Crippen LogP contribution in [0.15, 0.2) is 34.6 Å². The van der Waals surface area contributed by atoms with Crippen molar-refractivity contribution in [3.8, 4) is 0 Å². The quantitative estimate of drug-likeness (QED) is 0.474. The fraction of sp³-hybridized carbons (Fsp3) is 0.385. The molecule has 0 aromatic heterocycles. The molecule has 0 unspecified atom stereocenters. The van der Waals surface area contributed by atoms with E-state index in [9.17, 15) is 0 Å². The first-order valence-corrected chi connectivity index (χ1v) is 7.07. The zero-order valence-electron chi connectivity index (χ0n) is 10.6. The molecule has 1 aromatic carbocycles. The molecule has 102 valence electrons. The molecule has 0 amide bonds. The van der Waals surface area contributed by atoms with Gasteiger partial charge in [-0.05, 0) is 17.1 Å². The minimum Gasteiger partial charge on any atom is -0.470 e. The Morgan fingerprint density at radius 1 is 1.42 bits per heavy atom. The third kappa shape index (κ3) is 3.47. The van der Waals surface area contributed by atoms with Gasteiger partial charge < -0.3 is 14.4 Å². The first kappa shape index (κ1) is 13.9. The largest absolute Gasteiger partial charge is 0.470 e. The third-order valence-electron chi connectivity index (χ3n) is 2.58. The topological polar surface area (TPSA) is 52.4 Å². The number of rotatable bonds is 5. The lowest BCUT2D eigenvalue weighted by Gasteiger charge is -2.16. The van der Waals surface area contributed by atoms with Crippen LogP contribution in [0, 0.1) is 0 Å². The Kier molecular flexibility index (Phi) is 5.20. The van der Waals surface area contributed by atoms with Crippen molar-refractivity contribution in [3.05, 3.63) is 35.4 Å². The number of hydrogen-bond acceptors (Lipinski definition) is 5. The lowest BCUT2D eigenvalue weighted by atomic mass is 10.0. The summed E-state index contributed by atoms with van der Waals surface area (Å²) in [5, 5.41) is 8.79. The smallest absolute Gasteiger partial charge is 0.280 e. The minimum atomic E-state index is 0.357. The predicted molar refractivity (Wildman–Crippen MR) is 76.8 cm³/mol. The van der Waals surface area contributed by atoms with Crippen LogP contribution in [0.25, 0.3) is 0 Å². The van der Waals surface area contributed by atoms with Crippen LogP contribution >= 0.6 is 15.9 Å². The summed E-state index contributed by atoms with van der Waals surface area (Å²) in [7, 11) is 1.50. The van der Waals surface area contributed by atoms with Crippen LogP contribution in [0.2, 0.25) is 0 Å². The zero-order valence-corrected chi connectivity index (χ0v) is 12.2. The van der Waals surface area contributed by atoms with E-state index in [1.165, 1.54) is 7.11 Å². The van der Waals surface area contributed by atoms with Gasteiger partial charge in [0.1, 0.15) is 13.7 Å². The van der Waals surface area contributed by atoms with Gasteiger partial charge in [-0.2, -0.15) is 0 Å². The lowest BCUT2D eigenvalue weighted by Crippen LogP contribution is -2.26. The highest BCUT2D eigenvalue weighted by molar-refractivity contribution is 9.09. The molecule has 6 heteroatoms. The van der Waals surface area contributed by atoms with Crippen molar-refractivity contribution < 1.29 is 14.4 Å². The molecule has 19 heavy (non-hydrogen) atoms. The normalized spacial score (nSPS) is 15.3. The third-order valence-corrected chi connectivity index (χ3v) is 2.98. The number of ether oxygens (including phenoxy) is 1. The van der Waals surface area contributed by atoms with E-state index in [0.29, 0.717) is 24.8 Å². The molecular formula is C13H15BrN2O3. The minimum absolute atomic E-state index is 0.357. The molecule has 0 bridgehead atoms. The summed E-state index contributed by atoms with van der Waals surface area (Å²) in [5.74, 6) is 0.357. The Bertz CT molecular complexity index is 489. The van der Waals surface area contributed by atoms with Crippen molar-refractivity contribution in [2.45, 2.75) is 6.42 Å². The number of benzene rings is 1. The molecule has 1 aliphatic heterocycles. The molecule has 0 radical (unpaired) electrons. The Balaban J connectivity index is 2.39. The van der Waals surface area contributed by atoms with E-state index in [0.717, 1.165) is 22.9 Å². The van der Waals surface area contributed by atoms with E-state index in [-0.39, 0.29) is 0 Å². The highest BCUT2D eigenvalue weighted by Gasteiger charge is 2.20. The molecule has 0 atom stereocenters. The van der Waals surface area contributed by atoms with Crippen LogP contribution < -0.4 is 0 Å². The van der Waals surface area contributed by atoms with E-state index in [1.807, 2.05) is 24.3 Å². The van der Waals surface area contributed by atoms with Crippen molar-refractivity contribution >= 4 is 27.5 Å². The summed E-state index contributed by atoms with van der Waals surface area (Å²) in [6, 6.07) is 7.96. The second-order valence-corrected chi connectivity index (χ2v) is 4.59. The Morgan fingerprint density at radius 3 is 2.95 bits per heavy atom. The molecule has 1 aromatic rings. The van der Waals surface area contributed by atoms with E-state index in [4.69, 9.17) is 14.4 Å². The van der Waals surface area contributed by atoms with E-state index >= 15 is 0 Å². The Labute approximate surface area is 120 Å². The van der Waals surface area contributed by atoms with E-state index in [2.05, 4.69) is 26.2 Å². The number of nitrogens with zero attached hydrogens (tertiary/aromatic N) is 2. The summed E-state index contributed by atoms with van der Waals surface area (Å²) in [6.07, 6.45) is 0.882. The summed E-state index contributed by atoms with van der Waals surface area (Å²) in [4.78, 5) is 9.95. The van der Waals surface area contributed by atoms with Crippen molar-refractivity contribution in [2.75, 3.05) is 25.7 Å². The maximum atomic E-state index is 5.48. The van der Waals surface area contributed by atoms with Gasteiger partial charge in [0.05, 0.1) is 0 Å². The summed E-state index contributed by atoms with van der Waals surface area (Å²) >= 11 is 3.45. The molecule has 0 N–H and O–H groups in total. The van der Waals surface area contributed by atoms with E-state index in [1.54, 1.807) is 0 Å². The standard InChI is InChI=1S/C13H15BrN2O3/c1-17-15-12(13-16-19-9-8-18-13)11-5-3-2-4-10(11)6-7-14/h2-5H,6-9H2,1H3. The molecule has 0 saturated carbocycles. The average molecular weight is 327 g/mol. The van der Waals surface area contributed by atoms with Gasteiger partial charge >= 0.3 is 0 Å². The second-order valence-electron chi connectivity index (χ2n) is 3.80. The van der Waals surface area contributed by atoms with Gasteiger partial charge in [-0.15, -0.1) is 0 Å². The predicted octanol–water partition coefficient (Wildman–Crippen LogP) is 2.33.